The average molecular weight is 307 g/mol. The monoisotopic (exact) mass is 307 g/mol. The number of hydrogen-bond acceptors (Lipinski definition) is 6. The van der Waals surface area contributed by atoms with Crippen molar-refractivity contribution in [2.24, 2.45) is 0 Å². The summed E-state index contributed by atoms with van der Waals surface area (Å²) >= 11 is 0. The van der Waals surface area contributed by atoms with Crippen LogP contribution in [0.4, 0.5) is 23.1 Å². The molecule has 1 heterocycles. The molecule has 0 aliphatic heterocycles. The van der Waals surface area contributed by atoms with Crippen LogP contribution in [0.15, 0.2) is 54.7 Å². The van der Waals surface area contributed by atoms with Crippen molar-refractivity contribution in [2.75, 3.05) is 17.7 Å². The van der Waals surface area contributed by atoms with Gasteiger partial charge in [-0.1, -0.05) is 24.3 Å². The van der Waals surface area contributed by atoms with Crippen LogP contribution in [0, 0.1) is 6.92 Å². The lowest BCUT2D eigenvalue weighted by Crippen LogP contribution is -2.03. The maximum atomic E-state index is 5.36. The molecule has 0 saturated carbocycles. The molecule has 0 amide bonds. The Kier molecular flexibility index (Phi) is 4.33. The molecule has 0 spiro atoms. The van der Waals surface area contributed by atoms with Crippen LogP contribution < -0.4 is 15.4 Å². The van der Waals surface area contributed by atoms with Gasteiger partial charge in [-0.15, -0.1) is 5.10 Å². The number of aryl methyl sites for hydroxylation is 1. The fourth-order valence-electron chi connectivity index (χ4n) is 2.12. The van der Waals surface area contributed by atoms with Gasteiger partial charge in [0.1, 0.15) is 5.75 Å². The SMILES string of the molecule is COc1ccc(C)cc1Nc1cnnc(Nc2ccccc2)n1. The van der Waals surface area contributed by atoms with Crippen LogP contribution in [0.2, 0.25) is 0 Å². The van der Waals surface area contributed by atoms with Gasteiger partial charge in [0.25, 0.3) is 0 Å². The third kappa shape index (κ3) is 3.74. The molecule has 6 nitrogen and oxygen atoms in total. The number of aromatic nitrogens is 3. The third-order valence-corrected chi connectivity index (χ3v) is 3.21. The minimum absolute atomic E-state index is 0.424. The van der Waals surface area contributed by atoms with E-state index in [-0.39, 0.29) is 0 Å². The molecule has 0 unspecified atom stereocenters. The predicted octanol–water partition coefficient (Wildman–Crippen LogP) is 3.68. The van der Waals surface area contributed by atoms with Crippen molar-refractivity contribution in [3.8, 4) is 5.75 Å². The molecule has 0 aliphatic carbocycles. The molecule has 0 atom stereocenters. The zero-order chi connectivity index (χ0) is 16.1. The number of nitrogens with zero attached hydrogens (tertiary/aromatic N) is 3. The van der Waals surface area contributed by atoms with Crippen molar-refractivity contribution in [2.45, 2.75) is 6.92 Å². The van der Waals surface area contributed by atoms with Gasteiger partial charge in [-0.2, -0.15) is 10.1 Å². The second-order valence-electron chi connectivity index (χ2n) is 4.98. The van der Waals surface area contributed by atoms with Crippen LogP contribution in [-0.2, 0) is 0 Å². The molecule has 2 aromatic carbocycles. The summed E-state index contributed by atoms with van der Waals surface area (Å²) in [4.78, 5) is 4.42. The lowest BCUT2D eigenvalue weighted by molar-refractivity contribution is 0.416. The van der Waals surface area contributed by atoms with Crippen molar-refractivity contribution in [3.05, 3.63) is 60.3 Å². The fourth-order valence-corrected chi connectivity index (χ4v) is 2.12. The molecule has 0 fully saturated rings. The summed E-state index contributed by atoms with van der Waals surface area (Å²) in [5.74, 6) is 1.75. The summed E-state index contributed by atoms with van der Waals surface area (Å²) < 4.78 is 5.36. The van der Waals surface area contributed by atoms with Crippen LogP contribution in [0.1, 0.15) is 5.56 Å². The van der Waals surface area contributed by atoms with Gasteiger partial charge in [0.2, 0.25) is 5.95 Å². The first-order valence-corrected chi connectivity index (χ1v) is 7.18. The maximum absolute atomic E-state index is 5.36. The summed E-state index contributed by atoms with van der Waals surface area (Å²) in [5.41, 5.74) is 2.86. The molecule has 3 aromatic rings. The van der Waals surface area contributed by atoms with E-state index in [4.69, 9.17) is 4.74 Å². The van der Waals surface area contributed by atoms with Crippen LogP contribution >= 0.6 is 0 Å². The molecule has 0 radical (unpaired) electrons. The Morgan fingerprint density at radius 2 is 1.83 bits per heavy atom. The number of ether oxygens (including phenoxy) is 1. The van der Waals surface area contributed by atoms with Crippen molar-refractivity contribution in [3.63, 3.8) is 0 Å². The van der Waals surface area contributed by atoms with E-state index in [1.807, 2.05) is 55.5 Å². The van der Waals surface area contributed by atoms with Gasteiger partial charge in [-0.05, 0) is 36.8 Å². The van der Waals surface area contributed by atoms with Gasteiger partial charge in [0.05, 0.1) is 19.0 Å². The number of hydrogen-bond donors (Lipinski definition) is 2. The molecule has 2 N–H and O–H groups in total. The highest BCUT2D eigenvalue weighted by Crippen LogP contribution is 2.27. The maximum Gasteiger partial charge on any atom is 0.249 e. The Morgan fingerprint density at radius 3 is 2.61 bits per heavy atom. The molecule has 3 rings (SSSR count). The summed E-state index contributed by atoms with van der Waals surface area (Å²) in [6, 6.07) is 15.6. The van der Waals surface area contributed by atoms with Gasteiger partial charge in [0.15, 0.2) is 5.82 Å². The van der Waals surface area contributed by atoms with Gasteiger partial charge in [-0.3, -0.25) is 0 Å². The second-order valence-corrected chi connectivity index (χ2v) is 4.98. The fraction of sp³-hybridized carbons (Fsp3) is 0.118. The van der Waals surface area contributed by atoms with Crippen LogP contribution in [-0.4, -0.2) is 22.3 Å². The minimum atomic E-state index is 0.424. The highest BCUT2D eigenvalue weighted by atomic mass is 16.5. The molecular weight excluding hydrogens is 290 g/mol. The van der Waals surface area contributed by atoms with E-state index in [9.17, 15) is 0 Å². The zero-order valence-electron chi connectivity index (χ0n) is 12.9. The normalized spacial score (nSPS) is 10.2. The molecule has 1 aromatic heterocycles. The molecule has 23 heavy (non-hydrogen) atoms. The molecular formula is C17H17N5O. The summed E-state index contributed by atoms with van der Waals surface area (Å²) in [7, 11) is 1.64. The lowest BCUT2D eigenvalue weighted by Gasteiger charge is -2.11. The Bertz CT molecular complexity index is 792. The van der Waals surface area contributed by atoms with E-state index in [0.29, 0.717) is 11.8 Å². The van der Waals surface area contributed by atoms with Crippen molar-refractivity contribution in [1.29, 1.82) is 0 Å². The van der Waals surface area contributed by atoms with E-state index in [1.165, 1.54) is 0 Å². The number of nitrogens with one attached hydrogen (secondary N) is 2. The molecule has 0 saturated heterocycles. The Morgan fingerprint density at radius 1 is 1.00 bits per heavy atom. The van der Waals surface area contributed by atoms with Crippen LogP contribution in [0.3, 0.4) is 0 Å². The minimum Gasteiger partial charge on any atom is -0.495 e. The van der Waals surface area contributed by atoms with E-state index < -0.39 is 0 Å². The first-order valence-electron chi connectivity index (χ1n) is 7.18. The summed E-state index contributed by atoms with van der Waals surface area (Å²) in [5, 5.41) is 14.3. The van der Waals surface area contributed by atoms with E-state index in [0.717, 1.165) is 22.7 Å². The van der Waals surface area contributed by atoms with Crippen molar-refractivity contribution >= 4 is 23.1 Å². The quantitative estimate of drug-likeness (QED) is 0.749. The molecule has 116 valence electrons. The van der Waals surface area contributed by atoms with Crippen LogP contribution in [0.25, 0.3) is 0 Å². The van der Waals surface area contributed by atoms with Crippen molar-refractivity contribution < 1.29 is 4.74 Å². The number of para-hydroxylation sites is 1. The molecule has 6 heteroatoms. The molecule has 0 bridgehead atoms. The van der Waals surface area contributed by atoms with Gasteiger partial charge in [-0.25, -0.2) is 0 Å². The smallest absolute Gasteiger partial charge is 0.249 e. The standard InChI is InChI=1S/C17H17N5O/c1-12-8-9-15(23-2)14(10-12)20-16-11-18-22-17(21-16)19-13-6-4-3-5-7-13/h3-11H,1-2H3,(H2,19,20,21,22). The predicted molar refractivity (Wildman–Crippen MR) is 90.6 cm³/mol. The zero-order valence-corrected chi connectivity index (χ0v) is 12.9. The highest BCUT2D eigenvalue weighted by Gasteiger charge is 2.06. The van der Waals surface area contributed by atoms with E-state index in [2.05, 4.69) is 25.8 Å². The third-order valence-electron chi connectivity index (χ3n) is 3.21. The second kappa shape index (κ2) is 6.74. The Hall–Kier alpha value is -3.15. The first-order chi connectivity index (χ1) is 11.2. The Labute approximate surface area is 134 Å². The van der Waals surface area contributed by atoms with E-state index >= 15 is 0 Å². The topological polar surface area (TPSA) is 72.0 Å². The Balaban J connectivity index is 1.82. The van der Waals surface area contributed by atoms with Crippen molar-refractivity contribution in [1.82, 2.24) is 15.2 Å². The van der Waals surface area contributed by atoms with Gasteiger partial charge >= 0.3 is 0 Å². The van der Waals surface area contributed by atoms with Gasteiger partial charge < -0.3 is 15.4 Å². The molecule has 0 aliphatic rings. The van der Waals surface area contributed by atoms with Crippen LogP contribution in [0.5, 0.6) is 5.75 Å². The summed E-state index contributed by atoms with van der Waals surface area (Å²) in [6.45, 7) is 2.02. The number of anilines is 4. The first kappa shape index (κ1) is 14.8. The summed E-state index contributed by atoms with van der Waals surface area (Å²) in [6.07, 6.45) is 1.57. The lowest BCUT2D eigenvalue weighted by atomic mass is 10.2. The average Bonchev–Trinajstić information content (AvgIpc) is 2.56. The number of benzene rings is 2. The largest absolute Gasteiger partial charge is 0.495 e. The number of rotatable bonds is 5. The van der Waals surface area contributed by atoms with E-state index in [1.54, 1.807) is 13.3 Å². The number of methoxy groups -OCH3 is 1. The highest BCUT2D eigenvalue weighted by molar-refractivity contribution is 5.65. The van der Waals surface area contributed by atoms with Gasteiger partial charge in [0, 0.05) is 5.69 Å².